The van der Waals surface area contributed by atoms with E-state index in [0.29, 0.717) is 5.56 Å². The largest absolute Gasteiger partial charge is 0.493 e. The van der Waals surface area contributed by atoms with E-state index in [-0.39, 0.29) is 11.5 Å². The van der Waals surface area contributed by atoms with Crippen molar-refractivity contribution in [3.63, 3.8) is 0 Å². The predicted octanol–water partition coefficient (Wildman–Crippen LogP) is 3.02. The van der Waals surface area contributed by atoms with Crippen molar-refractivity contribution in [2.45, 2.75) is 17.9 Å². The van der Waals surface area contributed by atoms with E-state index in [4.69, 9.17) is 9.47 Å². The quantitative estimate of drug-likeness (QED) is 0.863. The molecule has 0 spiro atoms. The highest BCUT2D eigenvalue weighted by atomic mass is 32.2. The van der Waals surface area contributed by atoms with Crippen LogP contribution < -0.4 is 14.2 Å². The second kappa shape index (κ2) is 7.14. The van der Waals surface area contributed by atoms with Gasteiger partial charge in [-0.05, 0) is 24.6 Å². The number of ether oxygens (including phenoxy) is 2. The molecule has 24 heavy (non-hydrogen) atoms. The summed E-state index contributed by atoms with van der Waals surface area (Å²) in [6.07, 6.45) is 0. The van der Waals surface area contributed by atoms with Crippen molar-refractivity contribution in [3.8, 4) is 11.5 Å². The Bertz CT molecular complexity index is 823. The molecule has 0 saturated carbocycles. The van der Waals surface area contributed by atoms with Crippen LogP contribution in [-0.4, -0.2) is 22.6 Å². The number of hydrogen-bond donors (Lipinski definition) is 1. The number of halogens is 2. The molecule has 0 radical (unpaired) electrons. The average Bonchev–Trinajstić information content (AvgIpc) is 2.54. The maximum Gasteiger partial charge on any atom is 0.244 e. The molecule has 0 saturated heterocycles. The van der Waals surface area contributed by atoms with Gasteiger partial charge < -0.3 is 9.47 Å². The molecule has 0 aliphatic carbocycles. The number of methoxy groups -OCH3 is 2. The Kier molecular flexibility index (Phi) is 5.40. The standard InChI is InChI=1S/C16H17F2NO4S/c1-10(11-4-6-12(17)7-5-11)19-24(20,21)16-9-15(23-3)14(22-2)8-13(16)18/h4-10,19H,1-3H3. The molecule has 0 aromatic heterocycles. The SMILES string of the molecule is COc1cc(F)c(S(=O)(=O)NC(C)c2ccc(F)cc2)cc1OC. The van der Waals surface area contributed by atoms with Gasteiger partial charge in [-0.3, -0.25) is 0 Å². The molecule has 2 aromatic carbocycles. The summed E-state index contributed by atoms with van der Waals surface area (Å²) in [7, 11) is -1.52. The number of sulfonamides is 1. The fraction of sp³-hybridized carbons (Fsp3) is 0.250. The lowest BCUT2D eigenvalue weighted by Gasteiger charge is -2.16. The zero-order chi connectivity index (χ0) is 17.9. The topological polar surface area (TPSA) is 64.6 Å². The molecule has 0 aliphatic heterocycles. The Hall–Kier alpha value is -2.19. The van der Waals surface area contributed by atoms with Crippen LogP contribution >= 0.6 is 0 Å². The van der Waals surface area contributed by atoms with Crippen LogP contribution in [0.4, 0.5) is 8.78 Å². The monoisotopic (exact) mass is 357 g/mol. The molecule has 5 nitrogen and oxygen atoms in total. The third-order valence-electron chi connectivity index (χ3n) is 3.43. The molecule has 2 aromatic rings. The predicted molar refractivity (Wildman–Crippen MR) is 84.6 cm³/mol. The van der Waals surface area contributed by atoms with E-state index in [2.05, 4.69) is 4.72 Å². The van der Waals surface area contributed by atoms with Gasteiger partial charge in [-0.15, -0.1) is 0 Å². The first-order valence-electron chi connectivity index (χ1n) is 6.98. The Balaban J connectivity index is 2.35. The van der Waals surface area contributed by atoms with Crippen molar-refractivity contribution in [2.24, 2.45) is 0 Å². The summed E-state index contributed by atoms with van der Waals surface area (Å²) >= 11 is 0. The van der Waals surface area contributed by atoms with Crippen LogP contribution in [0.5, 0.6) is 11.5 Å². The fourth-order valence-corrected chi connectivity index (χ4v) is 3.46. The smallest absolute Gasteiger partial charge is 0.244 e. The van der Waals surface area contributed by atoms with Crippen molar-refractivity contribution in [1.82, 2.24) is 4.72 Å². The molecular weight excluding hydrogens is 340 g/mol. The molecule has 8 heteroatoms. The van der Waals surface area contributed by atoms with E-state index >= 15 is 0 Å². The Morgan fingerprint density at radius 1 is 1.00 bits per heavy atom. The highest BCUT2D eigenvalue weighted by molar-refractivity contribution is 7.89. The number of nitrogens with one attached hydrogen (secondary N) is 1. The van der Waals surface area contributed by atoms with Gasteiger partial charge in [0.1, 0.15) is 16.5 Å². The minimum atomic E-state index is -4.16. The minimum absolute atomic E-state index is 0.0838. The third-order valence-corrected chi connectivity index (χ3v) is 4.99. The van der Waals surface area contributed by atoms with Crippen LogP contribution in [-0.2, 0) is 10.0 Å². The molecule has 1 atom stereocenters. The van der Waals surface area contributed by atoms with Gasteiger partial charge in [-0.25, -0.2) is 21.9 Å². The maximum absolute atomic E-state index is 14.2. The van der Waals surface area contributed by atoms with E-state index in [1.807, 2.05) is 0 Å². The summed E-state index contributed by atoms with van der Waals surface area (Å²) < 4.78 is 64.3. The van der Waals surface area contributed by atoms with Gasteiger partial charge in [0.15, 0.2) is 11.5 Å². The molecule has 0 aliphatic rings. The average molecular weight is 357 g/mol. The second-order valence-electron chi connectivity index (χ2n) is 5.03. The minimum Gasteiger partial charge on any atom is -0.493 e. The highest BCUT2D eigenvalue weighted by Crippen LogP contribution is 2.32. The van der Waals surface area contributed by atoms with Gasteiger partial charge in [0.25, 0.3) is 0 Å². The van der Waals surface area contributed by atoms with Crippen molar-refractivity contribution >= 4 is 10.0 Å². The highest BCUT2D eigenvalue weighted by Gasteiger charge is 2.24. The molecule has 130 valence electrons. The normalized spacial score (nSPS) is 12.7. The van der Waals surface area contributed by atoms with E-state index in [0.717, 1.165) is 12.1 Å². The van der Waals surface area contributed by atoms with Crippen LogP contribution in [0.1, 0.15) is 18.5 Å². The Morgan fingerprint density at radius 2 is 1.54 bits per heavy atom. The van der Waals surface area contributed by atoms with E-state index in [9.17, 15) is 17.2 Å². The molecule has 0 heterocycles. The number of benzene rings is 2. The summed E-state index contributed by atoms with van der Waals surface area (Å²) in [5, 5.41) is 0. The zero-order valence-electron chi connectivity index (χ0n) is 13.3. The number of rotatable bonds is 6. The van der Waals surface area contributed by atoms with Crippen molar-refractivity contribution in [2.75, 3.05) is 14.2 Å². The van der Waals surface area contributed by atoms with Crippen LogP contribution in [0.2, 0.25) is 0 Å². The maximum atomic E-state index is 14.2. The fourth-order valence-electron chi connectivity index (χ4n) is 2.16. The van der Waals surface area contributed by atoms with Gasteiger partial charge >= 0.3 is 0 Å². The molecular formula is C16H17F2NO4S. The van der Waals surface area contributed by atoms with Crippen LogP contribution in [0.15, 0.2) is 41.3 Å². The molecule has 2 rings (SSSR count). The summed E-state index contributed by atoms with van der Waals surface area (Å²) in [6, 6.07) is 6.65. The van der Waals surface area contributed by atoms with E-state index < -0.39 is 32.6 Å². The summed E-state index contributed by atoms with van der Waals surface area (Å²) in [5.41, 5.74) is 0.542. The lowest BCUT2D eigenvalue weighted by atomic mass is 10.1. The molecule has 0 amide bonds. The lowest BCUT2D eigenvalue weighted by molar-refractivity contribution is 0.350. The zero-order valence-corrected chi connectivity index (χ0v) is 14.2. The van der Waals surface area contributed by atoms with Crippen molar-refractivity contribution in [3.05, 3.63) is 53.6 Å². The van der Waals surface area contributed by atoms with Crippen LogP contribution in [0.3, 0.4) is 0 Å². The third kappa shape index (κ3) is 3.82. The van der Waals surface area contributed by atoms with Gasteiger partial charge in [-0.2, -0.15) is 0 Å². The molecule has 0 bridgehead atoms. The van der Waals surface area contributed by atoms with Crippen molar-refractivity contribution in [1.29, 1.82) is 0 Å². The first-order chi connectivity index (χ1) is 11.3. The van der Waals surface area contributed by atoms with Gasteiger partial charge in [0.05, 0.1) is 14.2 Å². The van der Waals surface area contributed by atoms with Crippen LogP contribution in [0, 0.1) is 11.6 Å². The first-order valence-corrected chi connectivity index (χ1v) is 8.46. The Labute approximate surface area is 139 Å². The van der Waals surface area contributed by atoms with Crippen LogP contribution in [0.25, 0.3) is 0 Å². The first kappa shape index (κ1) is 18.2. The Morgan fingerprint density at radius 3 is 2.08 bits per heavy atom. The summed E-state index contributed by atoms with van der Waals surface area (Å²) in [4.78, 5) is -0.561. The molecule has 1 unspecified atom stereocenters. The van der Waals surface area contributed by atoms with Gasteiger partial charge in [0, 0.05) is 18.2 Å². The molecule has 1 N–H and O–H groups in total. The van der Waals surface area contributed by atoms with Gasteiger partial charge in [0.2, 0.25) is 10.0 Å². The molecule has 0 fully saturated rings. The van der Waals surface area contributed by atoms with Gasteiger partial charge in [-0.1, -0.05) is 12.1 Å². The summed E-state index contributed by atoms with van der Waals surface area (Å²) in [6.45, 7) is 1.57. The van der Waals surface area contributed by atoms with E-state index in [1.54, 1.807) is 6.92 Å². The number of hydrogen-bond acceptors (Lipinski definition) is 4. The summed E-state index contributed by atoms with van der Waals surface area (Å²) in [5.74, 6) is -1.22. The second-order valence-corrected chi connectivity index (χ2v) is 6.71. The van der Waals surface area contributed by atoms with E-state index in [1.165, 1.54) is 38.5 Å². The lowest BCUT2D eigenvalue weighted by Crippen LogP contribution is -2.27. The van der Waals surface area contributed by atoms with Crippen molar-refractivity contribution < 1.29 is 26.7 Å².